The van der Waals surface area contributed by atoms with Gasteiger partial charge in [-0.2, -0.15) is 0 Å². The van der Waals surface area contributed by atoms with Crippen LogP contribution in [0.5, 0.6) is 11.6 Å². The second-order valence-corrected chi connectivity index (χ2v) is 8.21. The van der Waals surface area contributed by atoms with Gasteiger partial charge in [0.05, 0.1) is 18.6 Å². The highest BCUT2D eigenvalue weighted by Gasteiger charge is 2.23. The third kappa shape index (κ3) is 5.01. The molecule has 1 amide bonds. The van der Waals surface area contributed by atoms with E-state index in [4.69, 9.17) is 4.74 Å². The number of methoxy groups -OCH3 is 1. The number of ether oxygens (including phenoxy) is 1. The lowest BCUT2D eigenvalue weighted by Gasteiger charge is -2.26. The molecule has 1 aromatic carbocycles. The summed E-state index contributed by atoms with van der Waals surface area (Å²) in [7, 11) is 4.26. The molecule has 0 aliphatic carbocycles. The van der Waals surface area contributed by atoms with E-state index in [9.17, 15) is 19.5 Å². The zero-order valence-corrected chi connectivity index (χ0v) is 18.6. The molecule has 1 fully saturated rings. The van der Waals surface area contributed by atoms with Gasteiger partial charge in [-0.1, -0.05) is 11.8 Å². The Hall–Kier alpha value is -3.01. The second-order valence-electron chi connectivity index (χ2n) is 7.25. The van der Waals surface area contributed by atoms with Crippen molar-refractivity contribution in [1.82, 2.24) is 14.0 Å². The molecule has 0 bridgehead atoms. The number of aliphatic imine (C=N–C) groups is 1. The number of hydrogen-bond acceptors (Lipinski definition) is 7. The lowest BCUT2D eigenvalue weighted by molar-refractivity contribution is -0.129. The maximum Gasteiger partial charge on any atom is 0.333 e. The third-order valence-electron chi connectivity index (χ3n) is 5.19. The average molecular weight is 447 g/mol. The summed E-state index contributed by atoms with van der Waals surface area (Å²) in [5, 5.41) is 10.7. The molecular weight excluding hydrogens is 420 g/mol. The summed E-state index contributed by atoms with van der Waals surface area (Å²) in [6, 6.07) is 6.85. The Kier molecular flexibility index (Phi) is 7.21. The number of nitrogens with zero attached hydrogens (tertiary/aromatic N) is 4. The molecule has 0 unspecified atom stereocenters. The van der Waals surface area contributed by atoms with E-state index in [2.05, 4.69) is 4.99 Å². The largest absolute Gasteiger partial charge is 0.497 e. The maximum absolute atomic E-state index is 12.8. The van der Waals surface area contributed by atoms with Crippen molar-refractivity contribution in [3.8, 4) is 11.6 Å². The molecule has 1 aliphatic heterocycles. The predicted molar refractivity (Wildman–Crippen MR) is 121 cm³/mol. The number of rotatable bonds is 5. The smallest absolute Gasteiger partial charge is 0.333 e. The number of aromatic nitrogens is 2. The highest BCUT2D eigenvalue weighted by Crippen LogP contribution is 2.25. The van der Waals surface area contributed by atoms with Crippen LogP contribution < -0.4 is 16.0 Å². The standard InChI is InChI=1S/C21H26N4O5S/c1-23-19(27)17(20(28)24(2)21(23)29)18(22-14-7-9-15(30-3)10-8-14)31-13-16(26)25-11-5-4-6-12-25/h7-10,27H,4-6,11-13H2,1-3H3. The van der Waals surface area contributed by atoms with Gasteiger partial charge in [0.15, 0.2) is 0 Å². The number of carbonyl (C=O) groups is 1. The molecule has 10 heteroatoms. The summed E-state index contributed by atoms with van der Waals surface area (Å²) in [6.45, 7) is 1.44. The Bertz CT molecular complexity index is 1100. The van der Waals surface area contributed by atoms with Crippen molar-refractivity contribution in [2.75, 3.05) is 26.0 Å². The SMILES string of the molecule is COc1ccc(N=C(SCC(=O)N2CCCCC2)c2c(O)n(C)c(=O)n(C)c2=O)cc1. The van der Waals surface area contributed by atoms with Crippen LogP contribution in [0.25, 0.3) is 0 Å². The summed E-state index contributed by atoms with van der Waals surface area (Å²) in [5.74, 6) is 0.182. The zero-order chi connectivity index (χ0) is 22.5. The van der Waals surface area contributed by atoms with Crippen LogP contribution >= 0.6 is 11.8 Å². The van der Waals surface area contributed by atoms with Crippen LogP contribution in [0.1, 0.15) is 24.8 Å². The first kappa shape index (κ1) is 22.7. The molecule has 0 saturated carbocycles. The van der Waals surface area contributed by atoms with Gasteiger partial charge >= 0.3 is 5.69 Å². The van der Waals surface area contributed by atoms with Gasteiger partial charge in [0.2, 0.25) is 11.8 Å². The lowest BCUT2D eigenvalue weighted by atomic mass is 10.1. The van der Waals surface area contributed by atoms with Gasteiger partial charge in [0.1, 0.15) is 16.4 Å². The van der Waals surface area contributed by atoms with Gasteiger partial charge in [-0.25, -0.2) is 9.79 Å². The molecule has 3 rings (SSSR count). The van der Waals surface area contributed by atoms with E-state index in [1.165, 1.54) is 14.1 Å². The van der Waals surface area contributed by atoms with E-state index in [0.717, 1.165) is 53.2 Å². The maximum atomic E-state index is 12.8. The first-order valence-corrected chi connectivity index (χ1v) is 10.9. The fraction of sp³-hybridized carbons (Fsp3) is 0.429. The Morgan fingerprint density at radius 3 is 2.35 bits per heavy atom. The van der Waals surface area contributed by atoms with Gasteiger partial charge < -0.3 is 14.7 Å². The summed E-state index contributed by atoms with van der Waals surface area (Å²) in [5.41, 5.74) is -0.920. The molecule has 1 aromatic heterocycles. The molecule has 1 N–H and O–H groups in total. The molecule has 2 aromatic rings. The lowest BCUT2D eigenvalue weighted by Crippen LogP contribution is -2.40. The van der Waals surface area contributed by atoms with Gasteiger partial charge in [-0.15, -0.1) is 0 Å². The minimum atomic E-state index is -0.675. The Balaban J connectivity index is 2.00. The van der Waals surface area contributed by atoms with Crippen molar-refractivity contribution >= 4 is 28.4 Å². The summed E-state index contributed by atoms with van der Waals surface area (Å²) in [6.07, 6.45) is 3.07. The molecule has 1 saturated heterocycles. The fourth-order valence-corrected chi connectivity index (χ4v) is 4.26. The van der Waals surface area contributed by atoms with Gasteiger partial charge in [-0.05, 0) is 43.5 Å². The molecule has 9 nitrogen and oxygen atoms in total. The first-order valence-electron chi connectivity index (χ1n) is 9.96. The highest BCUT2D eigenvalue weighted by atomic mass is 32.2. The van der Waals surface area contributed by atoms with Crippen molar-refractivity contribution in [2.24, 2.45) is 19.1 Å². The fourth-order valence-electron chi connectivity index (χ4n) is 3.32. The van der Waals surface area contributed by atoms with Crippen LogP contribution in [0.15, 0.2) is 38.8 Å². The molecule has 1 aliphatic rings. The number of likely N-dealkylation sites (tertiary alicyclic amines) is 1. The van der Waals surface area contributed by atoms with Crippen LogP contribution in [0.2, 0.25) is 0 Å². The molecule has 0 radical (unpaired) electrons. The van der Waals surface area contributed by atoms with Crippen LogP contribution in [0, 0.1) is 0 Å². The first-order chi connectivity index (χ1) is 14.8. The van der Waals surface area contributed by atoms with Crippen molar-refractivity contribution in [2.45, 2.75) is 19.3 Å². The van der Waals surface area contributed by atoms with Crippen LogP contribution in [-0.4, -0.2) is 56.0 Å². The second kappa shape index (κ2) is 9.86. The predicted octanol–water partition coefficient (Wildman–Crippen LogP) is 1.62. The summed E-state index contributed by atoms with van der Waals surface area (Å²) < 4.78 is 7.04. The normalized spacial score (nSPS) is 14.5. The molecule has 31 heavy (non-hydrogen) atoms. The van der Waals surface area contributed by atoms with E-state index in [1.54, 1.807) is 36.3 Å². The van der Waals surface area contributed by atoms with E-state index in [1.807, 2.05) is 0 Å². The highest BCUT2D eigenvalue weighted by molar-refractivity contribution is 8.15. The monoisotopic (exact) mass is 446 g/mol. The van der Waals surface area contributed by atoms with Crippen molar-refractivity contribution in [1.29, 1.82) is 0 Å². The third-order valence-corrected chi connectivity index (χ3v) is 6.15. The van der Waals surface area contributed by atoms with Gasteiger partial charge in [-0.3, -0.25) is 18.7 Å². The molecule has 2 heterocycles. The molecule has 166 valence electrons. The Morgan fingerprint density at radius 2 is 1.74 bits per heavy atom. The van der Waals surface area contributed by atoms with E-state index < -0.39 is 17.1 Å². The number of amides is 1. The number of carbonyl (C=O) groups excluding carboxylic acids is 1. The van der Waals surface area contributed by atoms with E-state index >= 15 is 0 Å². The average Bonchev–Trinajstić information content (AvgIpc) is 2.80. The number of hydrogen-bond donors (Lipinski definition) is 1. The minimum Gasteiger partial charge on any atom is -0.497 e. The zero-order valence-electron chi connectivity index (χ0n) is 17.8. The number of aromatic hydroxyl groups is 1. The van der Waals surface area contributed by atoms with Crippen LogP contribution in [0.4, 0.5) is 5.69 Å². The number of piperidine rings is 1. The van der Waals surface area contributed by atoms with Crippen molar-refractivity contribution in [3.05, 3.63) is 50.7 Å². The van der Waals surface area contributed by atoms with Crippen LogP contribution in [-0.2, 0) is 18.9 Å². The summed E-state index contributed by atoms with van der Waals surface area (Å²) in [4.78, 5) is 43.9. The molecular formula is C21H26N4O5S. The minimum absolute atomic E-state index is 0.0479. The number of thioether (sulfide) groups is 1. The molecule has 0 atom stereocenters. The Labute approximate surface area is 184 Å². The van der Waals surface area contributed by atoms with E-state index in [-0.39, 0.29) is 22.3 Å². The number of benzene rings is 1. The Morgan fingerprint density at radius 1 is 1.10 bits per heavy atom. The quantitative estimate of drug-likeness (QED) is 0.553. The van der Waals surface area contributed by atoms with Crippen molar-refractivity contribution in [3.63, 3.8) is 0 Å². The van der Waals surface area contributed by atoms with Gasteiger partial charge in [0.25, 0.3) is 5.56 Å². The van der Waals surface area contributed by atoms with Gasteiger partial charge in [0, 0.05) is 27.2 Å². The molecule has 0 spiro atoms. The summed E-state index contributed by atoms with van der Waals surface area (Å²) >= 11 is 1.07. The van der Waals surface area contributed by atoms with Crippen molar-refractivity contribution < 1.29 is 14.6 Å². The van der Waals surface area contributed by atoms with Crippen LogP contribution in [0.3, 0.4) is 0 Å². The van der Waals surface area contributed by atoms with E-state index in [0.29, 0.717) is 11.4 Å². The topological polar surface area (TPSA) is 106 Å².